The first-order valence-corrected chi connectivity index (χ1v) is 5.23. The van der Waals surface area contributed by atoms with E-state index in [2.05, 4.69) is 4.42 Å². The summed E-state index contributed by atoms with van der Waals surface area (Å²) >= 11 is 0. The minimum Gasteiger partial charge on any atom is -0.430 e. The number of carbonyl (C=O) groups excluding carboxylic acids is 1. The molecule has 0 aromatic carbocycles. The summed E-state index contributed by atoms with van der Waals surface area (Å²) in [7, 11) is 0. The van der Waals surface area contributed by atoms with Crippen molar-refractivity contribution >= 4 is 5.91 Å². The molecule has 0 unspecified atom stereocenters. The van der Waals surface area contributed by atoms with Crippen molar-refractivity contribution in [3.8, 4) is 0 Å². The highest BCUT2D eigenvalue weighted by Crippen LogP contribution is 2.12. The van der Waals surface area contributed by atoms with E-state index in [0.717, 1.165) is 19.1 Å². The van der Waals surface area contributed by atoms with Crippen molar-refractivity contribution in [2.75, 3.05) is 13.1 Å². The minimum atomic E-state index is -0.477. The van der Waals surface area contributed by atoms with Crippen molar-refractivity contribution in [1.82, 2.24) is 4.90 Å². The first kappa shape index (κ1) is 10.9. The third-order valence-corrected chi connectivity index (χ3v) is 2.63. The van der Waals surface area contributed by atoms with Crippen LogP contribution in [0.15, 0.2) is 27.6 Å². The monoisotopic (exact) mass is 223 g/mol. The Morgan fingerprint density at radius 2 is 2.31 bits per heavy atom. The van der Waals surface area contributed by atoms with Crippen LogP contribution in [0.1, 0.15) is 23.2 Å². The molecular weight excluding hydrogens is 210 g/mol. The fourth-order valence-electron chi connectivity index (χ4n) is 1.80. The van der Waals surface area contributed by atoms with Crippen LogP contribution in [0.2, 0.25) is 0 Å². The van der Waals surface area contributed by atoms with Crippen LogP contribution in [-0.2, 0) is 0 Å². The van der Waals surface area contributed by atoms with Gasteiger partial charge in [-0.3, -0.25) is 4.79 Å². The Morgan fingerprint density at radius 3 is 2.94 bits per heavy atom. The van der Waals surface area contributed by atoms with E-state index in [-0.39, 0.29) is 5.91 Å². The van der Waals surface area contributed by atoms with E-state index < -0.39 is 11.7 Å². The summed E-state index contributed by atoms with van der Waals surface area (Å²) in [5.41, 5.74) is -0.135. The average molecular weight is 223 g/mol. The highest BCUT2D eigenvalue weighted by atomic mass is 16.4. The Bertz CT molecular complexity index is 419. The van der Waals surface area contributed by atoms with Gasteiger partial charge in [0, 0.05) is 19.2 Å². The van der Waals surface area contributed by atoms with E-state index in [1.54, 1.807) is 4.90 Å². The molecule has 86 valence electrons. The summed E-state index contributed by atoms with van der Waals surface area (Å²) in [5, 5.41) is 9.45. The summed E-state index contributed by atoms with van der Waals surface area (Å²) in [6.45, 7) is 0.979. The Balaban J connectivity index is 2.12. The molecule has 0 saturated carbocycles. The van der Waals surface area contributed by atoms with Crippen molar-refractivity contribution in [1.29, 1.82) is 0 Å². The number of rotatable bonds is 1. The van der Waals surface area contributed by atoms with Gasteiger partial charge in [0.05, 0.1) is 11.7 Å². The van der Waals surface area contributed by atoms with E-state index in [1.807, 2.05) is 0 Å². The standard InChI is InChI=1S/C11H13NO4/c13-9-2-1-5-12(6-9)11(15)8-3-4-10(14)16-7-8/h3-4,7,9,13H,1-2,5-6H2/t9-/m0/s1. The van der Waals surface area contributed by atoms with E-state index in [9.17, 15) is 14.7 Å². The van der Waals surface area contributed by atoms with Gasteiger partial charge < -0.3 is 14.4 Å². The van der Waals surface area contributed by atoms with Gasteiger partial charge in [0.25, 0.3) is 5.91 Å². The topological polar surface area (TPSA) is 70.8 Å². The van der Waals surface area contributed by atoms with Crippen LogP contribution in [0.3, 0.4) is 0 Å². The van der Waals surface area contributed by atoms with Crippen molar-refractivity contribution < 1.29 is 14.3 Å². The number of β-amino-alcohol motifs (C(OH)–C–C–N with tert-alkyl or cyclic N) is 1. The SMILES string of the molecule is O=C(c1ccc(=O)oc1)N1CCC[C@H](O)C1. The highest BCUT2D eigenvalue weighted by molar-refractivity contribution is 5.93. The molecule has 0 radical (unpaired) electrons. The Kier molecular flexibility index (Phi) is 3.05. The van der Waals surface area contributed by atoms with Crippen LogP contribution < -0.4 is 5.63 Å². The highest BCUT2D eigenvalue weighted by Gasteiger charge is 2.23. The smallest absolute Gasteiger partial charge is 0.335 e. The Morgan fingerprint density at radius 1 is 1.50 bits per heavy atom. The molecule has 1 aliphatic heterocycles. The lowest BCUT2D eigenvalue weighted by Gasteiger charge is -2.29. The number of carbonyl (C=O) groups is 1. The van der Waals surface area contributed by atoms with Gasteiger partial charge >= 0.3 is 5.63 Å². The number of hydrogen-bond acceptors (Lipinski definition) is 4. The number of likely N-dealkylation sites (tertiary alicyclic amines) is 1. The number of aliphatic hydroxyl groups excluding tert-OH is 1. The number of nitrogens with zero attached hydrogens (tertiary/aromatic N) is 1. The van der Waals surface area contributed by atoms with Gasteiger partial charge in [-0.15, -0.1) is 0 Å². The third kappa shape index (κ3) is 2.30. The van der Waals surface area contributed by atoms with Crippen LogP contribution in [0.4, 0.5) is 0 Å². The first-order valence-electron chi connectivity index (χ1n) is 5.23. The van der Waals surface area contributed by atoms with Gasteiger partial charge in [-0.2, -0.15) is 0 Å². The maximum atomic E-state index is 11.9. The second-order valence-corrected chi connectivity index (χ2v) is 3.89. The lowest BCUT2D eigenvalue weighted by molar-refractivity contribution is 0.0471. The summed E-state index contributed by atoms with van der Waals surface area (Å²) in [5.74, 6) is -0.206. The first-order chi connectivity index (χ1) is 7.66. The van der Waals surface area contributed by atoms with Crippen LogP contribution in [-0.4, -0.2) is 35.1 Å². The molecule has 2 heterocycles. The van der Waals surface area contributed by atoms with Gasteiger partial charge in [0.15, 0.2) is 0 Å². The molecule has 16 heavy (non-hydrogen) atoms. The van der Waals surface area contributed by atoms with E-state index in [1.165, 1.54) is 12.1 Å². The fraction of sp³-hybridized carbons (Fsp3) is 0.455. The lowest BCUT2D eigenvalue weighted by Crippen LogP contribution is -2.42. The van der Waals surface area contributed by atoms with Crippen molar-refractivity contribution in [2.45, 2.75) is 18.9 Å². The normalized spacial score (nSPS) is 20.8. The van der Waals surface area contributed by atoms with Crippen molar-refractivity contribution in [2.24, 2.45) is 0 Å². The fourth-order valence-corrected chi connectivity index (χ4v) is 1.80. The molecule has 1 aromatic heterocycles. The average Bonchev–Trinajstić information content (AvgIpc) is 2.29. The molecule has 0 aliphatic carbocycles. The molecule has 2 rings (SSSR count). The lowest BCUT2D eigenvalue weighted by atomic mass is 10.1. The Labute approximate surface area is 92.3 Å². The molecule has 1 N–H and O–H groups in total. The molecule has 1 aromatic rings. The van der Waals surface area contributed by atoms with Crippen LogP contribution in [0, 0.1) is 0 Å². The quantitative estimate of drug-likeness (QED) is 0.740. The summed E-state index contributed by atoms with van der Waals surface area (Å²) < 4.78 is 4.63. The molecule has 1 saturated heterocycles. The van der Waals surface area contributed by atoms with E-state index in [4.69, 9.17) is 0 Å². The van der Waals surface area contributed by atoms with Gasteiger partial charge in [-0.25, -0.2) is 4.79 Å². The molecule has 1 atom stereocenters. The molecule has 5 heteroatoms. The Hall–Kier alpha value is -1.62. The maximum Gasteiger partial charge on any atom is 0.335 e. The summed E-state index contributed by atoms with van der Waals surface area (Å²) in [6, 6.07) is 2.66. The zero-order chi connectivity index (χ0) is 11.5. The number of amides is 1. The predicted molar refractivity (Wildman–Crippen MR) is 56.1 cm³/mol. The van der Waals surface area contributed by atoms with Gasteiger partial charge in [0.2, 0.25) is 0 Å². The minimum absolute atomic E-state index is 0.206. The molecule has 0 spiro atoms. The number of hydrogen-bond donors (Lipinski definition) is 1. The predicted octanol–water partition coefficient (Wildman–Crippen LogP) is 0.237. The number of piperidine rings is 1. The molecule has 1 aliphatic rings. The third-order valence-electron chi connectivity index (χ3n) is 2.63. The van der Waals surface area contributed by atoms with Crippen LogP contribution in [0.5, 0.6) is 0 Å². The van der Waals surface area contributed by atoms with E-state index >= 15 is 0 Å². The second-order valence-electron chi connectivity index (χ2n) is 3.89. The van der Waals surface area contributed by atoms with Crippen LogP contribution >= 0.6 is 0 Å². The molecular formula is C11H13NO4. The zero-order valence-electron chi connectivity index (χ0n) is 8.76. The van der Waals surface area contributed by atoms with Gasteiger partial charge in [0.1, 0.15) is 6.26 Å². The van der Waals surface area contributed by atoms with Crippen molar-refractivity contribution in [3.05, 3.63) is 34.4 Å². The summed E-state index contributed by atoms with van der Waals surface area (Å²) in [4.78, 5) is 24.2. The largest absolute Gasteiger partial charge is 0.430 e. The summed E-state index contributed by atoms with van der Waals surface area (Å²) in [6.07, 6.45) is 2.23. The van der Waals surface area contributed by atoms with Gasteiger partial charge in [-0.05, 0) is 18.9 Å². The van der Waals surface area contributed by atoms with Gasteiger partial charge in [-0.1, -0.05) is 0 Å². The van der Waals surface area contributed by atoms with Crippen molar-refractivity contribution in [3.63, 3.8) is 0 Å². The van der Waals surface area contributed by atoms with E-state index in [0.29, 0.717) is 18.7 Å². The number of aliphatic hydroxyl groups is 1. The maximum absolute atomic E-state index is 11.9. The molecule has 5 nitrogen and oxygen atoms in total. The molecule has 0 bridgehead atoms. The molecule has 1 amide bonds. The van der Waals surface area contributed by atoms with Crippen LogP contribution in [0.25, 0.3) is 0 Å². The second kappa shape index (κ2) is 4.49. The molecule has 1 fully saturated rings. The zero-order valence-corrected chi connectivity index (χ0v) is 8.76.